The van der Waals surface area contributed by atoms with Gasteiger partial charge in [0.2, 0.25) is 0 Å². The Morgan fingerprint density at radius 2 is 2.24 bits per heavy atom. The standard InChI is InChI=1S/C15H18BrN3O2/c1-3-21-14(20)13-7-8-18-19(13)10-15(2,17)11-5-4-6-12(16)9-11/h4-9H,3,10,17H2,1-2H3. The summed E-state index contributed by atoms with van der Waals surface area (Å²) in [6, 6.07) is 9.43. The number of benzene rings is 1. The van der Waals surface area contributed by atoms with Gasteiger partial charge in [-0.05, 0) is 37.6 Å². The molecule has 0 spiro atoms. The molecule has 5 nitrogen and oxygen atoms in total. The quantitative estimate of drug-likeness (QED) is 0.840. The number of aromatic nitrogens is 2. The van der Waals surface area contributed by atoms with Gasteiger partial charge < -0.3 is 10.5 Å². The van der Waals surface area contributed by atoms with Crippen LogP contribution in [-0.2, 0) is 16.8 Å². The summed E-state index contributed by atoms with van der Waals surface area (Å²) >= 11 is 3.44. The third-order valence-electron chi connectivity index (χ3n) is 3.16. The average molecular weight is 352 g/mol. The van der Waals surface area contributed by atoms with E-state index in [1.54, 1.807) is 23.9 Å². The summed E-state index contributed by atoms with van der Waals surface area (Å²) in [5.41, 5.74) is 7.12. The molecule has 2 N–H and O–H groups in total. The molecular formula is C15H18BrN3O2. The SMILES string of the molecule is CCOC(=O)c1ccnn1CC(C)(N)c1cccc(Br)c1. The van der Waals surface area contributed by atoms with Gasteiger partial charge in [0.15, 0.2) is 0 Å². The van der Waals surface area contributed by atoms with Gasteiger partial charge in [0, 0.05) is 10.7 Å². The maximum Gasteiger partial charge on any atom is 0.356 e. The lowest BCUT2D eigenvalue weighted by Crippen LogP contribution is -2.39. The first kappa shape index (κ1) is 15.7. The fourth-order valence-electron chi connectivity index (χ4n) is 2.08. The van der Waals surface area contributed by atoms with Crippen LogP contribution in [-0.4, -0.2) is 22.4 Å². The van der Waals surface area contributed by atoms with Crippen LogP contribution in [0.4, 0.5) is 0 Å². The first-order valence-corrected chi connectivity index (χ1v) is 7.47. The number of rotatable bonds is 5. The van der Waals surface area contributed by atoms with Crippen molar-refractivity contribution in [2.24, 2.45) is 5.73 Å². The Balaban J connectivity index is 2.25. The lowest BCUT2D eigenvalue weighted by Gasteiger charge is -2.26. The van der Waals surface area contributed by atoms with Crippen molar-refractivity contribution in [3.05, 3.63) is 52.3 Å². The summed E-state index contributed by atoms with van der Waals surface area (Å²) < 4.78 is 7.56. The predicted octanol–water partition coefficient (Wildman–Crippen LogP) is 2.70. The molecule has 0 aliphatic heterocycles. The molecule has 1 heterocycles. The topological polar surface area (TPSA) is 70.1 Å². The molecule has 0 fully saturated rings. The zero-order valence-electron chi connectivity index (χ0n) is 12.0. The molecule has 112 valence electrons. The lowest BCUT2D eigenvalue weighted by molar-refractivity contribution is 0.0510. The Labute approximate surface area is 132 Å². The number of carbonyl (C=O) groups is 1. The monoisotopic (exact) mass is 351 g/mol. The summed E-state index contributed by atoms with van der Waals surface area (Å²) in [6.07, 6.45) is 1.57. The molecule has 6 heteroatoms. The van der Waals surface area contributed by atoms with E-state index >= 15 is 0 Å². The molecule has 0 radical (unpaired) electrons. The van der Waals surface area contributed by atoms with Gasteiger partial charge in [0.25, 0.3) is 0 Å². The van der Waals surface area contributed by atoms with Gasteiger partial charge in [-0.3, -0.25) is 4.68 Å². The number of nitrogens with zero attached hydrogens (tertiary/aromatic N) is 2. The second kappa shape index (κ2) is 6.41. The van der Waals surface area contributed by atoms with Crippen LogP contribution in [0.5, 0.6) is 0 Å². The first-order chi connectivity index (χ1) is 9.94. The number of hydrogen-bond donors (Lipinski definition) is 1. The van der Waals surface area contributed by atoms with Crippen LogP contribution in [0.2, 0.25) is 0 Å². The summed E-state index contributed by atoms with van der Waals surface area (Å²) in [5.74, 6) is -0.389. The van der Waals surface area contributed by atoms with E-state index in [4.69, 9.17) is 10.5 Å². The molecule has 0 bridgehead atoms. The number of nitrogens with two attached hydrogens (primary N) is 1. The Hall–Kier alpha value is -1.66. The Morgan fingerprint density at radius 3 is 2.90 bits per heavy atom. The Bertz CT molecular complexity index is 637. The largest absolute Gasteiger partial charge is 0.461 e. The Kier molecular flexibility index (Phi) is 4.80. The molecule has 1 aromatic heterocycles. The molecule has 21 heavy (non-hydrogen) atoms. The van der Waals surface area contributed by atoms with E-state index in [0.29, 0.717) is 18.8 Å². The number of hydrogen-bond acceptors (Lipinski definition) is 4. The molecular weight excluding hydrogens is 334 g/mol. The van der Waals surface area contributed by atoms with Crippen LogP contribution in [0.3, 0.4) is 0 Å². The maximum absolute atomic E-state index is 11.9. The highest BCUT2D eigenvalue weighted by atomic mass is 79.9. The highest BCUT2D eigenvalue weighted by Crippen LogP contribution is 2.23. The van der Waals surface area contributed by atoms with E-state index in [2.05, 4.69) is 21.0 Å². The van der Waals surface area contributed by atoms with Crippen molar-refractivity contribution in [2.75, 3.05) is 6.61 Å². The van der Waals surface area contributed by atoms with Crippen molar-refractivity contribution in [2.45, 2.75) is 25.9 Å². The van der Waals surface area contributed by atoms with Crippen LogP contribution >= 0.6 is 15.9 Å². The van der Waals surface area contributed by atoms with Crippen molar-refractivity contribution < 1.29 is 9.53 Å². The molecule has 2 aromatic rings. The fraction of sp³-hybridized carbons (Fsp3) is 0.333. The van der Waals surface area contributed by atoms with Gasteiger partial charge in [-0.15, -0.1) is 0 Å². The van der Waals surface area contributed by atoms with Crippen molar-refractivity contribution in [1.82, 2.24) is 9.78 Å². The van der Waals surface area contributed by atoms with Crippen LogP contribution in [0.25, 0.3) is 0 Å². The molecule has 0 saturated heterocycles. The maximum atomic E-state index is 11.9. The van der Waals surface area contributed by atoms with Gasteiger partial charge in [-0.2, -0.15) is 5.10 Å². The number of esters is 1. The minimum Gasteiger partial charge on any atom is -0.461 e. The van der Waals surface area contributed by atoms with Crippen molar-refractivity contribution in [3.63, 3.8) is 0 Å². The minimum atomic E-state index is -0.656. The lowest BCUT2D eigenvalue weighted by atomic mass is 9.93. The zero-order chi connectivity index (χ0) is 15.5. The van der Waals surface area contributed by atoms with Gasteiger partial charge in [-0.25, -0.2) is 4.79 Å². The first-order valence-electron chi connectivity index (χ1n) is 6.68. The number of carbonyl (C=O) groups excluding carboxylic acids is 1. The van der Waals surface area contributed by atoms with Crippen molar-refractivity contribution >= 4 is 21.9 Å². The van der Waals surface area contributed by atoms with E-state index in [-0.39, 0.29) is 5.97 Å². The number of halogens is 1. The van der Waals surface area contributed by atoms with Crippen molar-refractivity contribution in [3.8, 4) is 0 Å². The van der Waals surface area contributed by atoms with E-state index in [1.165, 1.54) is 0 Å². The fourth-order valence-corrected chi connectivity index (χ4v) is 2.48. The van der Waals surface area contributed by atoms with E-state index in [0.717, 1.165) is 10.0 Å². The molecule has 2 rings (SSSR count). The minimum absolute atomic E-state index is 0.329. The third-order valence-corrected chi connectivity index (χ3v) is 3.66. The van der Waals surface area contributed by atoms with Crippen LogP contribution in [0, 0.1) is 0 Å². The summed E-state index contributed by atoms with van der Waals surface area (Å²) in [5, 5.41) is 4.18. The van der Waals surface area contributed by atoms with Crippen LogP contribution in [0.1, 0.15) is 29.9 Å². The molecule has 0 saturated carbocycles. The van der Waals surface area contributed by atoms with Gasteiger partial charge in [0.1, 0.15) is 5.69 Å². The summed E-state index contributed by atoms with van der Waals surface area (Å²) in [7, 11) is 0. The van der Waals surface area contributed by atoms with Gasteiger partial charge in [0.05, 0.1) is 18.7 Å². The van der Waals surface area contributed by atoms with Crippen LogP contribution in [0.15, 0.2) is 41.0 Å². The van der Waals surface area contributed by atoms with E-state index < -0.39 is 5.54 Å². The van der Waals surface area contributed by atoms with Gasteiger partial charge in [-0.1, -0.05) is 28.1 Å². The molecule has 0 aliphatic carbocycles. The second-order valence-corrected chi connectivity index (χ2v) is 5.94. The normalized spacial score (nSPS) is 13.7. The highest BCUT2D eigenvalue weighted by molar-refractivity contribution is 9.10. The van der Waals surface area contributed by atoms with E-state index in [9.17, 15) is 4.79 Å². The summed E-state index contributed by atoms with van der Waals surface area (Å²) in [6.45, 7) is 4.39. The zero-order valence-corrected chi connectivity index (χ0v) is 13.6. The highest BCUT2D eigenvalue weighted by Gasteiger charge is 2.25. The van der Waals surface area contributed by atoms with Crippen LogP contribution < -0.4 is 5.73 Å². The number of ether oxygens (including phenoxy) is 1. The summed E-state index contributed by atoms with van der Waals surface area (Å²) in [4.78, 5) is 11.9. The molecule has 0 amide bonds. The van der Waals surface area contributed by atoms with Crippen molar-refractivity contribution in [1.29, 1.82) is 0 Å². The van der Waals surface area contributed by atoms with E-state index in [1.807, 2.05) is 31.2 Å². The molecule has 1 atom stereocenters. The molecule has 0 aliphatic rings. The predicted molar refractivity (Wildman–Crippen MR) is 83.9 cm³/mol. The van der Waals surface area contributed by atoms with Gasteiger partial charge >= 0.3 is 5.97 Å². The second-order valence-electron chi connectivity index (χ2n) is 5.02. The molecule has 1 unspecified atom stereocenters. The average Bonchev–Trinajstić information content (AvgIpc) is 2.86. The Morgan fingerprint density at radius 1 is 1.48 bits per heavy atom. The molecule has 1 aromatic carbocycles. The smallest absolute Gasteiger partial charge is 0.356 e. The third kappa shape index (κ3) is 3.71.